The van der Waals surface area contributed by atoms with Crippen LogP contribution < -0.4 is 5.32 Å². The Balaban J connectivity index is 1.33. The number of nitrogens with zero attached hydrogens (tertiary/aromatic N) is 5. The first-order chi connectivity index (χ1) is 16.4. The summed E-state index contributed by atoms with van der Waals surface area (Å²) in [5, 5.41) is 33.3. The van der Waals surface area contributed by atoms with Crippen LogP contribution in [0.1, 0.15) is 19.6 Å². The normalized spacial score (nSPS) is 23.7. The summed E-state index contributed by atoms with van der Waals surface area (Å²) >= 11 is 9.52. The lowest BCUT2D eigenvalue weighted by atomic mass is 10.1. The maximum atomic E-state index is 10.5. The Hall–Kier alpha value is -2.06. The fourth-order valence-corrected chi connectivity index (χ4v) is 6.10. The zero-order chi connectivity index (χ0) is 23.8. The second kappa shape index (κ2) is 9.90. The molecule has 0 amide bonds. The van der Waals surface area contributed by atoms with Crippen LogP contribution >= 0.6 is 34.7 Å². The molecular formula is C21H23ClN6O4S2. The number of aliphatic hydroxyl groups excluding tert-OH is 3. The van der Waals surface area contributed by atoms with Crippen molar-refractivity contribution in [2.45, 2.75) is 48.3 Å². The number of aromatic nitrogens is 5. The van der Waals surface area contributed by atoms with Gasteiger partial charge in [0.2, 0.25) is 5.28 Å². The summed E-state index contributed by atoms with van der Waals surface area (Å²) in [6.45, 7) is 1.86. The van der Waals surface area contributed by atoms with Crippen LogP contribution in [0.25, 0.3) is 21.4 Å². The van der Waals surface area contributed by atoms with Crippen molar-refractivity contribution >= 4 is 61.9 Å². The van der Waals surface area contributed by atoms with E-state index in [0.29, 0.717) is 17.0 Å². The average molecular weight is 523 g/mol. The van der Waals surface area contributed by atoms with Gasteiger partial charge in [-0.05, 0) is 37.1 Å². The molecule has 1 aliphatic heterocycles. The van der Waals surface area contributed by atoms with Gasteiger partial charge in [-0.3, -0.25) is 4.57 Å². The third kappa shape index (κ3) is 4.59. The Morgan fingerprint density at radius 2 is 2.06 bits per heavy atom. The number of imidazole rings is 1. The van der Waals surface area contributed by atoms with Crippen molar-refractivity contribution in [3.63, 3.8) is 0 Å². The molecule has 0 spiro atoms. The number of rotatable bonds is 8. The Morgan fingerprint density at radius 1 is 1.24 bits per heavy atom. The van der Waals surface area contributed by atoms with E-state index < -0.39 is 24.5 Å². The van der Waals surface area contributed by atoms with E-state index in [1.165, 1.54) is 10.9 Å². The van der Waals surface area contributed by atoms with Crippen molar-refractivity contribution in [1.29, 1.82) is 0 Å². The molecule has 3 aromatic heterocycles. The molecule has 1 aliphatic rings. The number of benzene rings is 1. The highest BCUT2D eigenvalue weighted by atomic mass is 35.5. The smallest absolute Gasteiger partial charge is 0.226 e. The first-order valence-corrected chi connectivity index (χ1v) is 12.9. The standard InChI is InChI=1S/C21H23ClN6O4S2/c1-10(8-33-21-25-11-4-2-3-5-13(11)34-21)24-17-14-18(27-20(22)26-17)28(9-23-14)19-16(31)15(30)12(32-19)6-7-29/h2-5,9-10,12,15-16,19,29-31H,6-8H2,1H3,(H,24,26,27). The first kappa shape index (κ1) is 23.7. The molecule has 180 valence electrons. The largest absolute Gasteiger partial charge is 0.396 e. The van der Waals surface area contributed by atoms with Crippen LogP contribution in [0.4, 0.5) is 5.82 Å². The van der Waals surface area contributed by atoms with E-state index in [0.717, 1.165) is 20.3 Å². The molecule has 0 saturated carbocycles. The third-order valence-electron chi connectivity index (χ3n) is 5.53. The highest BCUT2D eigenvalue weighted by molar-refractivity contribution is 8.01. The molecule has 0 bridgehead atoms. The zero-order valence-corrected chi connectivity index (χ0v) is 20.5. The van der Waals surface area contributed by atoms with Gasteiger partial charge in [-0.2, -0.15) is 9.97 Å². The Bertz CT molecular complexity index is 1270. The summed E-state index contributed by atoms with van der Waals surface area (Å²) < 4.78 is 9.46. The highest BCUT2D eigenvalue weighted by Gasteiger charge is 2.44. The summed E-state index contributed by atoms with van der Waals surface area (Å²) in [5.41, 5.74) is 1.83. The van der Waals surface area contributed by atoms with E-state index in [4.69, 9.17) is 16.3 Å². The lowest BCUT2D eigenvalue weighted by Gasteiger charge is -2.17. The number of nitrogens with one attached hydrogen (secondary N) is 1. The molecule has 4 heterocycles. The average Bonchev–Trinajstić information content (AvgIpc) is 3.50. The van der Waals surface area contributed by atoms with Gasteiger partial charge >= 0.3 is 0 Å². The minimum absolute atomic E-state index is 0.0143. The van der Waals surface area contributed by atoms with Crippen LogP contribution in [0.15, 0.2) is 34.9 Å². The van der Waals surface area contributed by atoms with Crippen molar-refractivity contribution in [2.24, 2.45) is 0 Å². The molecule has 5 atom stereocenters. The third-order valence-corrected chi connectivity index (χ3v) is 8.14. The minimum Gasteiger partial charge on any atom is -0.396 e. The number of hydrogen-bond acceptors (Lipinski definition) is 11. The highest BCUT2D eigenvalue weighted by Crippen LogP contribution is 2.34. The van der Waals surface area contributed by atoms with Gasteiger partial charge in [-0.1, -0.05) is 23.9 Å². The SMILES string of the molecule is CC(CSc1nc2ccccc2s1)Nc1nc(Cl)nc2c1ncn2C1OC(CCO)C(O)C1O. The number of aliphatic hydroxyl groups is 3. The maximum Gasteiger partial charge on any atom is 0.226 e. The van der Waals surface area contributed by atoms with Crippen molar-refractivity contribution in [3.05, 3.63) is 35.9 Å². The van der Waals surface area contributed by atoms with E-state index in [9.17, 15) is 15.3 Å². The van der Waals surface area contributed by atoms with Gasteiger partial charge in [-0.15, -0.1) is 11.3 Å². The van der Waals surface area contributed by atoms with Crippen molar-refractivity contribution < 1.29 is 20.1 Å². The predicted molar refractivity (Wildman–Crippen MR) is 131 cm³/mol. The van der Waals surface area contributed by atoms with Crippen LogP contribution in [0.5, 0.6) is 0 Å². The molecule has 1 saturated heterocycles. The summed E-state index contributed by atoms with van der Waals surface area (Å²) in [6, 6.07) is 8.06. The fraction of sp³-hybridized carbons (Fsp3) is 0.429. The summed E-state index contributed by atoms with van der Waals surface area (Å²) in [7, 11) is 0. The van der Waals surface area contributed by atoms with Gasteiger partial charge in [0.25, 0.3) is 0 Å². The number of thiazole rings is 1. The first-order valence-electron chi connectivity index (χ1n) is 10.7. The molecule has 1 aromatic carbocycles. The number of anilines is 1. The van der Waals surface area contributed by atoms with Crippen molar-refractivity contribution in [2.75, 3.05) is 17.7 Å². The molecule has 1 fully saturated rings. The number of hydrogen-bond donors (Lipinski definition) is 4. The van der Waals surface area contributed by atoms with Crippen molar-refractivity contribution in [1.82, 2.24) is 24.5 Å². The molecule has 5 rings (SSSR count). The number of halogens is 1. The van der Waals surface area contributed by atoms with Crippen molar-refractivity contribution in [3.8, 4) is 0 Å². The number of fused-ring (bicyclic) bond motifs is 2. The lowest BCUT2D eigenvalue weighted by molar-refractivity contribution is -0.0405. The molecule has 4 N–H and O–H groups in total. The van der Waals surface area contributed by atoms with E-state index in [2.05, 4.69) is 31.3 Å². The maximum absolute atomic E-state index is 10.5. The fourth-order valence-electron chi connectivity index (χ4n) is 3.89. The minimum atomic E-state index is -1.21. The van der Waals surface area contributed by atoms with Crippen LogP contribution in [-0.4, -0.2) is 76.5 Å². The molecule has 13 heteroatoms. The summed E-state index contributed by atoms with van der Waals surface area (Å²) in [6.07, 6.45) is -2.27. The molecular weight excluding hydrogens is 500 g/mol. The van der Waals surface area contributed by atoms with Gasteiger partial charge in [0.05, 0.1) is 22.6 Å². The number of para-hydroxylation sites is 1. The van der Waals surface area contributed by atoms with Crippen LogP contribution in [0.2, 0.25) is 5.28 Å². The Kier molecular flexibility index (Phi) is 6.89. The quantitative estimate of drug-likeness (QED) is 0.202. The molecule has 10 nitrogen and oxygen atoms in total. The van der Waals surface area contributed by atoms with E-state index >= 15 is 0 Å². The van der Waals surface area contributed by atoms with E-state index in [1.54, 1.807) is 23.1 Å². The van der Waals surface area contributed by atoms with Gasteiger partial charge in [0.15, 0.2) is 27.5 Å². The van der Waals surface area contributed by atoms with Gasteiger partial charge in [0.1, 0.15) is 12.2 Å². The second-order valence-electron chi connectivity index (χ2n) is 8.03. The number of ether oxygens (including phenoxy) is 1. The Labute approximate surface area is 208 Å². The molecule has 0 radical (unpaired) electrons. The zero-order valence-electron chi connectivity index (χ0n) is 18.1. The summed E-state index contributed by atoms with van der Waals surface area (Å²) in [5.74, 6) is 1.20. The molecule has 5 unspecified atom stereocenters. The topological polar surface area (TPSA) is 138 Å². The predicted octanol–water partition coefficient (Wildman–Crippen LogP) is 2.68. The van der Waals surface area contributed by atoms with Crippen LogP contribution in [0, 0.1) is 0 Å². The second-order valence-corrected chi connectivity index (χ2v) is 10.7. The molecule has 4 aromatic rings. The monoisotopic (exact) mass is 522 g/mol. The Morgan fingerprint density at radius 3 is 2.85 bits per heavy atom. The molecule has 34 heavy (non-hydrogen) atoms. The van der Waals surface area contributed by atoms with E-state index in [1.807, 2.05) is 25.1 Å². The van der Waals surface area contributed by atoms with Crippen LogP contribution in [-0.2, 0) is 4.74 Å². The number of thioether (sulfide) groups is 1. The lowest BCUT2D eigenvalue weighted by Crippen LogP contribution is -2.31. The summed E-state index contributed by atoms with van der Waals surface area (Å²) in [4.78, 5) is 17.7. The van der Waals surface area contributed by atoms with Gasteiger partial charge < -0.3 is 25.4 Å². The van der Waals surface area contributed by atoms with Crippen LogP contribution in [0.3, 0.4) is 0 Å². The van der Waals surface area contributed by atoms with Gasteiger partial charge in [-0.25, -0.2) is 9.97 Å². The van der Waals surface area contributed by atoms with Gasteiger partial charge in [0, 0.05) is 18.4 Å². The van der Waals surface area contributed by atoms with E-state index in [-0.39, 0.29) is 24.4 Å². The molecule has 0 aliphatic carbocycles.